The van der Waals surface area contributed by atoms with Crippen LogP contribution >= 0.6 is 27.5 Å². The van der Waals surface area contributed by atoms with Gasteiger partial charge in [-0.25, -0.2) is 0 Å². The molecule has 0 fully saturated rings. The molecule has 0 spiro atoms. The highest BCUT2D eigenvalue weighted by Gasteiger charge is 2.12. The first-order valence-electron chi connectivity index (χ1n) is 6.80. The summed E-state index contributed by atoms with van der Waals surface area (Å²) in [7, 11) is 0. The average molecular weight is 369 g/mol. The van der Waals surface area contributed by atoms with Gasteiger partial charge >= 0.3 is 0 Å². The average Bonchev–Trinajstić information content (AvgIpc) is 2.39. The summed E-state index contributed by atoms with van der Waals surface area (Å²) >= 11 is 9.51. The second kappa shape index (κ2) is 6.82. The largest absolute Gasteiger partial charge is 0.457 e. The maximum atomic E-state index is 6.09. The van der Waals surface area contributed by atoms with Crippen molar-refractivity contribution in [1.29, 1.82) is 0 Å². The lowest BCUT2D eigenvalue weighted by Gasteiger charge is -2.21. The molecule has 112 valence electrons. The molecule has 0 unspecified atom stereocenters. The maximum absolute atomic E-state index is 6.09. The fraction of sp³-hybridized carbons (Fsp3) is 0.294. The summed E-state index contributed by atoms with van der Waals surface area (Å²) in [5.41, 5.74) is 1.13. The Morgan fingerprint density at radius 2 is 1.76 bits per heavy atom. The van der Waals surface area contributed by atoms with Crippen molar-refractivity contribution < 1.29 is 4.74 Å². The van der Waals surface area contributed by atoms with Crippen LogP contribution in [0.2, 0.25) is 5.02 Å². The van der Waals surface area contributed by atoms with Gasteiger partial charge in [0.25, 0.3) is 0 Å². The lowest BCUT2D eigenvalue weighted by molar-refractivity contribution is 0.414. The molecular weight excluding hydrogens is 350 g/mol. The monoisotopic (exact) mass is 367 g/mol. The summed E-state index contributed by atoms with van der Waals surface area (Å²) in [4.78, 5) is 0. The SMILES string of the molecule is CC(C)(C)NCc1ccc(Cl)cc1Oc1ccc(Br)cc1. The number of hydrogen-bond acceptors (Lipinski definition) is 2. The minimum atomic E-state index is 0.0501. The lowest BCUT2D eigenvalue weighted by atomic mass is 10.1. The Morgan fingerprint density at radius 1 is 1.10 bits per heavy atom. The first kappa shape index (κ1) is 16.3. The second-order valence-corrected chi connectivity index (χ2v) is 7.26. The minimum absolute atomic E-state index is 0.0501. The predicted octanol–water partition coefficient (Wildman–Crippen LogP) is 5.78. The van der Waals surface area contributed by atoms with Gasteiger partial charge in [0, 0.05) is 27.1 Å². The fourth-order valence-electron chi connectivity index (χ4n) is 1.76. The van der Waals surface area contributed by atoms with Crippen LogP contribution in [0, 0.1) is 0 Å². The number of halogens is 2. The molecule has 0 aliphatic carbocycles. The van der Waals surface area contributed by atoms with E-state index in [2.05, 4.69) is 42.0 Å². The Kier molecular flexibility index (Phi) is 5.31. The molecule has 2 nitrogen and oxygen atoms in total. The molecule has 0 aliphatic heterocycles. The van der Waals surface area contributed by atoms with Crippen molar-refractivity contribution in [2.24, 2.45) is 0 Å². The van der Waals surface area contributed by atoms with E-state index in [-0.39, 0.29) is 5.54 Å². The number of nitrogens with one attached hydrogen (secondary N) is 1. The van der Waals surface area contributed by atoms with E-state index in [1.54, 1.807) is 0 Å². The quantitative estimate of drug-likeness (QED) is 0.738. The molecule has 0 saturated heterocycles. The molecular formula is C17H19BrClNO. The molecule has 21 heavy (non-hydrogen) atoms. The van der Waals surface area contributed by atoms with Crippen LogP contribution in [0.4, 0.5) is 0 Å². The van der Waals surface area contributed by atoms with Gasteiger partial charge in [0.05, 0.1) is 0 Å². The van der Waals surface area contributed by atoms with Gasteiger partial charge in [0.15, 0.2) is 0 Å². The van der Waals surface area contributed by atoms with Gasteiger partial charge in [0.2, 0.25) is 0 Å². The van der Waals surface area contributed by atoms with Gasteiger partial charge in [-0.1, -0.05) is 33.6 Å². The molecule has 0 aromatic heterocycles. The van der Waals surface area contributed by atoms with E-state index in [9.17, 15) is 0 Å². The summed E-state index contributed by atoms with van der Waals surface area (Å²) in [6.07, 6.45) is 0. The summed E-state index contributed by atoms with van der Waals surface area (Å²) in [5.74, 6) is 1.57. The van der Waals surface area contributed by atoms with Crippen LogP contribution < -0.4 is 10.1 Å². The molecule has 4 heteroatoms. The predicted molar refractivity (Wildman–Crippen MR) is 92.3 cm³/mol. The first-order chi connectivity index (χ1) is 9.83. The Balaban J connectivity index is 2.20. The first-order valence-corrected chi connectivity index (χ1v) is 7.97. The molecule has 0 heterocycles. The van der Waals surface area contributed by atoms with Crippen LogP contribution in [-0.2, 0) is 6.54 Å². The van der Waals surface area contributed by atoms with Crippen molar-refractivity contribution in [2.75, 3.05) is 0 Å². The Morgan fingerprint density at radius 3 is 2.38 bits per heavy atom. The van der Waals surface area contributed by atoms with Gasteiger partial charge in [-0.05, 0) is 57.2 Å². The van der Waals surface area contributed by atoms with Crippen LogP contribution in [0.15, 0.2) is 46.9 Å². The molecule has 2 aromatic rings. The maximum Gasteiger partial charge on any atom is 0.133 e. The molecule has 0 saturated carbocycles. The van der Waals surface area contributed by atoms with E-state index in [0.29, 0.717) is 5.02 Å². The number of benzene rings is 2. The number of ether oxygens (including phenoxy) is 1. The van der Waals surface area contributed by atoms with Gasteiger partial charge in [-0.2, -0.15) is 0 Å². The van der Waals surface area contributed by atoms with Crippen molar-refractivity contribution in [3.8, 4) is 11.5 Å². The van der Waals surface area contributed by atoms with Gasteiger partial charge < -0.3 is 10.1 Å². The highest BCUT2D eigenvalue weighted by Crippen LogP contribution is 2.29. The zero-order valence-electron chi connectivity index (χ0n) is 12.4. The smallest absolute Gasteiger partial charge is 0.133 e. The topological polar surface area (TPSA) is 21.3 Å². The van der Waals surface area contributed by atoms with Crippen LogP contribution in [0.25, 0.3) is 0 Å². The zero-order valence-corrected chi connectivity index (χ0v) is 14.8. The van der Waals surface area contributed by atoms with E-state index in [4.69, 9.17) is 16.3 Å². The Hall–Kier alpha value is -1.03. The summed E-state index contributed by atoms with van der Waals surface area (Å²) in [5, 5.41) is 4.13. The molecule has 2 rings (SSSR count). The van der Waals surface area contributed by atoms with Crippen molar-refractivity contribution in [2.45, 2.75) is 32.9 Å². The zero-order chi connectivity index (χ0) is 15.5. The summed E-state index contributed by atoms with van der Waals surface area (Å²) < 4.78 is 6.99. The van der Waals surface area contributed by atoms with Gasteiger partial charge in [-0.15, -0.1) is 0 Å². The molecule has 0 bridgehead atoms. The van der Waals surface area contributed by atoms with Crippen LogP contribution in [0.1, 0.15) is 26.3 Å². The van der Waals surface area contributed by atoms with Crippen LogP contribution in [0.5, 0.6) is 11.5 Å². The Labute approximate surface area is 139 Å². The second-order valence-electron chi connectivity index (χ2n) is 5.91. The van der Waals surface area contributed by atoms with E-state index in [1.165, 1.54) is 0 Å². The molecule has 0 radical (unpaired) electrons. The van der Waals surface area contributed by atoms with Crippen molar-refractivity contribution >= 4 is 27.5 Å². The van der Waals surface area contributed by atoms with E-state index in [1.807, 2.05) is 42.5 Å². The van der Waals surface area contributed by atoms with E-state index >= 15 is 0 Å². The van der Waals surface area contributed by atoms with Crippen molar-refractivity contribution in [1.82, 2.24) is 5.32 Å². The highest BCUT2D eigenvalue weighted by atomic mass is 79.9. The van der Waals surface area contributed by atoms with E-state index < -0.39 is 0 Å². The minimum Gasteiger partial charge on any atom is -0.457 e. The third kappa shape index (κ3) is 5.34. The van der Waals surface area contributed by atoms with E-state index in [0.717, 1.165) is 28.1 Å². The fourth-order valence-corrected chi connectivity index (χ4v) is 2.19. The summed E-state index contributed by atoms with van der Waals surface area (Å²) in [6.45, 7) is 7.14. The molecule has 0 aliphatic rings. The number of hydrogen-bond donors (Lipinski definition) is 1. The van der Waals surface area contributed by atoms with Gasteiger partial charge in [-0.3, -0.25) is 0 Å². The molecule has 0 amide bonds. The van der Waals surface area contributed by atoms with Crippen LogP contribution in [-0.4, -0.2) is 5.54 Å². The molecule has 1 N–H and O–H groups in total. The summed E-state index contributed by atoms with van der Waals surface area (Å²) in [6, 6.07) is 13.5. The number of rotatable bonds is 4. The van der Waals surface area contributed by atoms with Crippen LogP contribution in [0.3, 0.4) is 0 Å². The highest BCUT2D eigenvalue weighted by molar-refractivity contribution is 9.10. The third-order valence-corrected chi connectivity index (χ3v) is 3.64. The molecule has 0 atom stereocenters. The lowest BCUT2D eigenvalue weighted by Crippen LogP contribution is -2.35. The van der Waals surface area contributed by atoms with Gasteiger partial charge in [0.1, 0.15) is 11.5 Å². The third-order valence-electron chi connectivity index (χ3n) is 2.88. The Bertz CT molecular complexity index is 605. The standard InChI is InChI=1S/C17H19BrClNO/c1-17(2,3)20-11-12-4-7-14(19)10-16(12)21-15-8-5-13(18)6-9-15/h4-10,20H,11H2,1-3H3. The van der Waals surface area contributed by atoms with Crippen molar-refractivity contribution in [3.63, 3.8) is 0 Å². The normalized spacial score (nSPS) is 11.5. The molecule has 2 aromatic carbocycles. The van der Waals surface area contributed by atoms with Crippen molar-refractivity contribution in [3.05, 3.63) is 57.5 Å².